The molecule has 4 rings (SSSR count). The van der Waals surface area contributed by atoms with Crippen LogP contribution in [-0.4, -0.2) is 32.5 Å². The molecule has 0 saturated carbocycles. The molecule has 0 fully saturated rings. The molecule has 1 aromatic carbocycles. The highest BCUT2D eigenvalue weighted by molar-refractivity contribution is 5.96. The van der Waals surface area contributed by atoms with Crippen LogP contribution < -0.4 is 4.74 Å². The van der Waals surface area contributed by atoms with E-state index < -0.39 is 0 Å². The highest BCUT2D eigenvalue weighted by Gasteiger charge is 2.09. The number of aromatic amines is 2. The van der Waals surface area contributed by atoms with Gasteiger partial charge in [-0.15, -0.1) is 5.10 Å². The molecule has 0 aliphatic carbocycles. The quantitative estimate of drug-likeness (QED) is 0.583. The second-order valence-electron chi connectivity index (χ2n) is 4.52. The van der Waals surface area contributed by atoms with E-state index in [1.807, 2.05) is 30.5 Å². The molecule has 0 aliphatic heterocycles. The number of hydrogen-bond donors (Lipinski definition) is 2. The first-order valence-electron chi connectivity index (χ1n) is 6.17. The number of hydrogen-bond acceptors (Lipinski definition) is 4. The number of fused-ring (bicyclic) bond motifs is 2. The number of aromatic nitrogens is 5. The van der Waals surface area contributed by atoms with Crippen LogP contribution >= 0.6 is 0 Å². The summed E-state index contributed by atoms with van der Waals surface area (Å²) in [5.41, 5.74) is 4.72. The van der Waals surface area contributed by atoms with Crippen molar-refractivity contribution in [1.29, 1.82) is 0 Å². The molecule has 0 aliphatic rings. The lowest BCUT2D eigenvalue weighted by molar-refractivity contribution is 0.414. The van der Waals surface area contributed by atoms with E-state index in [0.29, 0.717) is 0 Å². The summed E-state index contributed by atoms with van der Waals surface area (Å²) in [6.45, 7) is 0. The number of methoxy groups -OCH3 is 1. The predicted octanol–water partition coefficient (Wildman–Crippen LogP) is 2.51. The Morgan fingerprint density at radius 1 is 1.20 bits per heavy atom. The first-order chi connectivity index (χ1) is 9.85. The molecule has 6 nitrogen and oxygen atoms in total. The lowest BCUT2D eigenvalue weighted by atomic mass is 10.1. The minimum Gasteiger partial charge on any atom is -0.495 e. The van der Waals surface area contributed by atoms with Crippen LogP contribution in [0.2, 0.25) is 0 Å². The Kier molecular flexibility index (Phi) is 2.23. The average molecular weight is 265 g/mol. The number of nitrogens with one attached hydrogen (secondary N) is 2. The summed E-state index contributed by atoms with van der Waals surface area (Å²) in [5.74, 6) is 0.737. The first kappa shape index (κ1) is 11.0. The van der Waals surface area contributed by atoms with Gasteiger partial charge in [-0.05, 0) is 23.8 Å². The molecule has 0 amide bonds. The van der Waals surface area contributed by atoms with Gasteiger partial charge in [-0.2, -0.15) is 0 Å². The van der Waals surface area contributed by atoms with Crippen LogP contribution in [0.4, 0.5) is 0 Å². The van der Waals surface area contributed by atoms with Crippen LogP contribution in [0.25, 0.3) is 33.2 Å². The molecule has 0 bridgehead atoms. The Morgan fingerprint density at radius 2 is 2.15 bits per heavy atom. The molecule has 6 heteroatoms. The number of pyridine rings is 1. The van der Waals surface area contributed by atoms with Gasteiger partial charge in [0.15, 0.2) is 0 Å². The van der Waals surface area contributed by atoms with E-state index in [4.69, 9.17) is 4.74 Å². The SMILES string of the molecule is COc1cnc2[nH]cc(-c3ccc4[nH]nnc4c3)c2c1. The molecule has 4 aromatic rings. The van der Waals surface area contributed by atoms with Crippen LogP contribution in [0.1, 0.15) is 0 Å². The number of benzene rings is 1. The minimum atomic E-state index is 0.737. The second-order valence-corrected chi connectivity index (χ2v) is 4.52. The van der Waals surface area contributed by atoms with Gasteiger partial charge < -0.3 is 9.72 Å². The molecule has 0 radical (unpaired) electrons. The second kappa shape index (κ2) is 4.06. The van der Waals surface area contributed by atoms with Gasteiger partial charge in [-0.3, -0.25) is 5.10 Å². The van der Waals surface area contributed by atoms with Gasteiger partial charge in [-0.25, -0.2) is 4.98 Å². The molecule has 3 heterocycles. The Labute approximate surface area is 113 Å². The molecule has 20 heavy (non-hydrogen) atoms. The summed E-state index contributed by atoms with van der Waals surface area (Å²) in [6.07, 6.45) is 3.64. The van der Waals surface area contributed by atoms with Gasteiger partial charge in [0.1, 0.15) is 16.9 Å². The summed E-state index contributed by atoms with van der Waals surface area (Å²) in [5, 5.41) is 11.7. The maximum atomic E-state index is 5.24. The number of ether oxygens (including phenoxy) is 1. The fraction of sp³-hybridized carbons (Fsp3) is 0.0714. The zero-order valence-corrected chi connectivity index (χ0v) is 10.7. The van der Waals surface area contributed by atoms with Crippen LogP contribution in [0.5, 0.6) is 5.75 Å². The number of rotatable bonds is 2. The van der Waals surface area contributed by atoms with Crippen molar-refractivity contribution in [3.63, 3.8) is 0 Å². The predicted molar refractivity (Wildman–Crippen MR) is 75.5 cm³/mol. The summed E-state index contributed by atoms with van der Waals surface area (Å²) in [4.78, 5) is 7.51. The lowest BCUT2D eigenvalue weighted by Gasteiger charge is -2.01. The van der Waals surface area contributed by atoms with Crippen LogP contribution in [0, 0.1) is 0 Å². The summed E-state index contributed by atoms with van der Waals surface area (Å²) in [6, 6.07) is 7.98. The monoisotopic (exact) mass is 265 g/mol. The van der Waals surface area contributed by atoms with Gasteiger partial charge in [0.2, 0.25) is 0 Å². The smallest absolute Gasteiger partial charge is 0.138 e. The third-order valence-corrected chi connectivity index (χ3v) is 3.38. The zero-order valence-electron chi connectivity index (χ0n) is 10.7. The lowest BCUT2D eigenvalue weighted by Crippen LogP contribution is -1.84. The molecule has 98 valence electrons. The van der Waals surface area contributed by atoms with Gasteiger partial charge in [-0.1, -0.05) is 11.3 Å². The van der Waals surface area contributed by atoms with E-state index in [9.17, 15) is 0 Å². The molecular formula is C14H11N5O. The largest absolute Gasteiger partial charge is 0.495 e. The maximum Gasteiger partial charge on any atom is 0.138 e. The highest BCUT2D eigenvalue weighted by atomic mass is 16.5. The Bertz CT molecular complexity index is 908. The first-order valence-corrected chi connectivity index (χ1v) is 6.17. The van der Waals surface area contributed by atoms with Crippen molar-refractivity contribution >= 4 is 22.1 Å². The van der Waals surface area contributed by atoms with Gasteiger partial charge >= 0.3 is 0 Å². The molecule has 0 saturated heterocycles. The number of nitrogens with zero attached hydrogens (tertiary/aromatic N) is 3. The van der Waals surface area contributed by atoms with E-state index in [-0.39, 0.29) is 0 Å². The maximum absolute atomic E-state index is 5.24. The van der Waals surface area contributed by atoms with E-state index >= 15 is 0 Å². The van der Waals surface area contributed by atoms with Crippen molar-refractivity contribution < 1.29 is 4.74 Å². The minimum absolute atomic E-state index is 0.737. The Balaban J connectivity index is 1.96. The number of H-pyrrole nitrogens is 2. The fourth-order valence-corrected chi connectivity index (χ4v) is 2.34. The third-order valence-electron chi connectivity index (χ3n) is 3.38. The van der Waals surface area contributed by atoms with E-state index in [1.54, 1.807) is 13.3 Å². The van der Waals surface area contributed by atoms with Crippen molar-refractivity contribution in [2.45, 2.75) is 0 Å². The standard InChI is InChI=1S/C14H11N5O/c1-20-9-5-10-11(7-16-14(10)15-6-9)8-2-3-12-13(4-8)18-19-17-12/h2-7H,1H3,(H,15,16)(H,17,18,19). The van der Waals surface area contributed by atoms with Gasteiger partial charge in [0, 0.05) is 17.1 Å². The Hall–Kier alpha value is -2.89. The van der Waals surface area contributed by atoms with E-state index in [0.717, 1.165) is 38.9 Å². The molecular weight excluding hydrogens is 254 g/mol. The summed E-state index contributed by atoms with van der Waals surface area (Å²) < 4.78 is 5.24. The average Bonchev–Trinajstić information content (AvgIpc) is 3.11. The summed E-state index contributed by atoms with van der Waals surface area (Å²) in [7, 11) is 1.64. The van der Waals surface area contributed by atoms with Crippen molar-refractivity contribution in [1.82, 2.24) is 25.4 Å². The molecule has 2 N–H and O–H groups in total. The Morgan fingerprint density at radius 3 is 3.05 bits per heavy atom. The molecule has 0 unspecified atom stereocenters. The van der Waals surface area contributed by atoms with Crippen LogP contribution in [-0.2, 0) is 0 Å². The van der Waals surface area contributed by atoms with Crippen molar-refractivity contribution in [3.8, 4) is 16.9 Å². The third kappa shape index (κ3) is 1.55. The van der Waals surface area contributed by atoms with Gasteiger partial charge in [0.25, 0.3) is 0 Å². The van der Waals surface area contributed by atoms with E-state index in [2.05, 4.69) is 25.4 Å². The molecule has 0 spiro atoms. The molecule has 0 atom stereocenters. The fourth-order valence-electron chi connectivity index (χ4n) is 2.34. The van der Waals surface area contributed by atoms with Gasteiger partial charge in [0.05, 0.1) is 18.8 Å². The zero-order chi connectivity index (χ0) is 13.5. The van der Waals surface area contributed by atoms with Crippen LogP contribution in [0.15, 0.2) is 36.7 Å². The van der Waals surface area contributed by atoms with Crippen molar-refractivity contribution in [2.24, 2.45) is 0 Å². The highest BCUT2D eigenvalue weighted by Crippen LogP contribution is 2.31. The summed E-state index contributed by atoms with van der Waals surface area (Å²) >= 11 is 0. The normalized spacial score (nSPS) is 11.2. The van der Waals surface area contributed by atoms with E-state index in [1.165, 1.54) is 0 Å². The van der Waals surface area contributed by atoms with Crippen LogP contribution in [0.3, 0.4) is 0 Å². The van der Waals surface area contributed by atoms with Crippen molar-refractivity contribution in [3.05, 3.63) is 36.7 Å². The topological polar surface area (TPSA) is 79.5 Å². The molecule has 3 aromatic heterocycles. The van der Waals surface area contributed by atoms with Crippen molar-refractivity contribution in [2.75, 3.05) is 7.11 Å².